The zero-order valence-corrected chi connectivity index (χ0v) is 21.1. The molecular formula is C28H22FN9O2. The lowest BCUT2D eigenvalue weighted by Crippen LogP contribution is -2.37. The van der Waals surface area contributed by atoms with Crippen molar-refractivity contribution in [1.29, 1.82) is 0 Å². The predicted molar refractivity (Wildman–Crippen MR) is 146 cm³/mol. The second-order valence-corrected chi connectivity index (χ2v) is 9.21. The highest BCUT2D eigenvalue weighted by molar-refractivity contribution is 6.03. The van der Waals surface area contributed by atoms with Crippen LogP contribution in [0.25, 0.3) is 33.9 Å². The largest absolute Gasteiger partial charge is 0.378 e. The smallest absolute Gasteiger partial charge is 0.256 e. The van der Waals surface area contributed by atoms with Crippen LogP contribution >= 0.6 is 0 Å². The summed E-state index contributed by atoms with van der Waals surface area (Å²) >= 11 is 0. The van der Waals surface area contributed by atoms with E-state index in [1.165, 1.54) is 12.1 Å². The number of carbonyl (C=O) groups is 1. The highest BCUT2D eigenvalue weighted by atomic mass is 19.1. The number of pyridine rings is 1. The Morgan fingerprint density at radius 2 is 1.65 bits per heavy atom. The van der Waals surface area contributed by atoms with Gasteiger partial charge >= 0.3 is 0 Å². The quantitative estimate of drug-likeness (QED) is 0.355. The summed E-state index contributed by atoms with van der Waals surface area (Å²) in [5.41, 5.74) is 4.22. The SMILES string of the molecule is O=C(Nc1cn2nc(-c3c(-c4ccc(F)cc4)nc4ccc(N5CCOCC5)nn34)ccc2n1)c1ccncc1. The molecule has 1 aliphatic rings. The van der Waals surface area contributed by atoms with Crippen molar-refractivity contribution in [2.75, 3.05) is 36.5 Å². The molecule has 1 aromatic carbocycles. The van der Waals surface area contributed by atoms with Crippen molar-refractivity contribution in [2.45, 2.75) is 0 Å². The molecule has 11 nitrogen and oxygen atoms in total. The van der Waals surface area contributed by atoms with E-state index in [0.717, 1.165) is 24.5 Å². The number of ether oxygens (including phenoxy) is 1. The van der Waals surface area contributed by atoms with E-state index < -0.39 is 0 Å². The van der Waals surface area contributed by atoms with Crippen molar-refractivity contribution in [3.63, 3.8) is 0 Å². The summed E-state index contributed by atoms with van der Waals surface area (Å²) in [6.07, 6.45) is 4.75. The molecule has 1 fully saturated rings. The van der Waals surface area contributed by atoms with Crippen LogP contribution < -0.4 is 10.2 Å². The van der Waals surface area contributed by atoms with Gasteiger partial charge in [0.05, 0.1) is 19.4 Å². The number of fused-ring (bicyclic) bond motifs is 2. The van der Waals surface area contributed by atoms with E-state index in [4.69, 9.17) is 19.9 Å². The summed E-state index contributed by atoms with van der Waals surface area (Å²) in [5.74, 6) is 0.522. The van der Waals surface area contributed by atoms with Crippen LogP contribution in [-0.2, 0) is 4.74 Å². The van der Waals surface area contributed by atoms with Crippen LogP contribution in [0.5, 0.6) is 0 Å². The van der Waals surface area contributed by atoms with Gasteiger partial charge in [-0.1, -0.05) is 0 Å². The molecule has 40 heavy (non-hydrogen) atoms. The maximum atomic E-state index is 13.8. The van der Waals surface area contributed by atoms with E-state index >= 15 is 0 Å². The summed E-state index contributed by atoms with van der Waals surface area (Å²) in [6.45, 7) is 2.74. The Bertz CT molecular complexity index is 1850. The number of nitrogens with one attached hydrogen (secondary N) is 1. The molecule has 0 aliphatic carbocycles. The molecule has 0 saturated carbocycles. The van der Waals surface area contributed by atoms with Gasteiger partial charge in [0.2, 0.25) is 0 Å². The maximum absolute atomic E-state index is 13.8. The van der Waals surface area contributed by atoms with Gasteiger partial charge in [0.15, 0.2) is 17.1 Å². The van der Waals surface area contributed by atoms with E-state index in [0.29, 0.717) is 53.0 Å². The molecule has 1 aliphatic heterocycles. The number of imidazole rings is 2. The van der Waals surface area contributed by atoms with Crippen LogP contribution in [0.1, 0.15) is 10.4 Å². The van der Waals surface area contributed by atoms with Gasteiger partial charge < -0.3 is 15.0 Å². The Morgan fingerprint density at radius 1 is 0.875 bits per heavy atom. The number of rotatable bonds is 5. The zero-order valence-electron chi connectivity index (χ0n) is 21.1. The molecule has 0 radical (unpaired) electrons. The first-order chi connectivity index (χ1) is 19.6. The minimum Gasteiger partial charge on any atom is -0.378 e. The number of halogens is 1. The number of benzene rings is 1. The Hall–Kier alpha value is -5.23. The fraction of sp³-hybridized carbons (Fsp3) is 0.143. The van der Waals surface area contributed by atoms with E-state index in [1.807, 2.05) is 24.3 Å². The summed E-state index contributed by atoms with van der Waals surface area (Å²) in [5, 5.41) is 12.5. The second-order valence-electron chi connectivity index (χ2n) is 9.21. The number of hydrogen-bond donors (Lipinski definition) is 1. The van der Waals surface area contributed by atoms with Crippen LogP contribution in [-0.4, -0.2) is 66.4 Å². The summed E-state index contributed by atoms with van der Waals surface area (Å²) in [4.78, 5) is 28.0. The Kier molecular flexibility index (Phi) is 5.86. The minimum absolute atomic E-state index is 0.300. The normalized spacial score (nSPS) is 13.7. The monoisotopic (exact) mass is 535 g/mol. The molecule has 6 aromatic rings. The number of aromatic nitrogens is 7. The van der Waals surface area contributed by atoms with Gasteiger partial charge in [-0.15, -0.1) is 5.10 Å². The van der Waals surface area contributed by atoms with Crippen molar-refractivity contribution in [3.05, 3.63) is 90.6 Å². The maximum Gasteiger partial charge on any atom is 0.256 e. The lowest BCUT2D eigenvalue weighted by Gasteiger charge is -2.27. The van der Waals surface area contributed by atoms with Gasteiger partial charge in [-0.2, -0.15) is 5.10 Å². The van der Waals surface area contributed by atoms with Gasteiger partial charge in [0.1, 0.15) is 28.7 Å². The molecule has 0 spiro atoms. The molecule has 198 valence electrons. The fourth-order valence-corrected chi connectivity index (χ4v) is 4.68. The Morgan fingerprint density at radius 3 is 2.45 bits per heavy atom. The van der Waals surface area contributed by atoms with Gasteiger partial charge in [0.25, 0.3) is 5.91 Å². The summed E-state index contributed by atoms with van der Waals surface area (Å²) in [7, 11) is 0. The van der Waals surface area contributed by atoms with Gasteiger partial charge in [-0.3, -0.25) is 9.78 Å². The van der Waals surface area contributed by atoms with E-state index in [2.05, 4.69) is 20.2 Å². The number of carbonyl (C=O) groups excluding carboxylic acids is 1. The average molecular weight is 536 g/mol. The van der Waals surface area contributed by atoms with Crippen LogP contribution in [0.15, 0.2) is 79.3 Å². The highest BCUT2D eigenvalue weighted by Crippen LogP contribution is 2.32. The van der Waals surface area contributed by atoms with Crippen molar-refractivity contribution in [3.8, 4) is 22.6 Å². The standard InChI is InChI=1S/C28H22FN9O2/c29-20-3-1-18(2-4-20)26-27(38-24(33-26)7-8-25(35-38)36-13-15-40-16-14-36)21-5-6-23-31-22(17-37(23)34-21)32-28(39)19-9-11-30-12-10-19/h1-12,17H,13-16H2,(H,32,39). The third kappa shape index (κ3) is 4.39. The number of anilines is 2. The van der Waals surface area contributed by atoms with E-state index in [-0.39, 0.29) is 11.7 Å². The summed E-state index contributed by atoms with van der Waals surface area (Å²) in [6, 6.07) is 16.9. The first-order valence-electron chi connectivity index (χ1n) is 12.7. The molecule has 1 N–H and O–H groups in total. The fourth-order valence-electron chi connectivity index (χ4n) is 4.68. The van der Waals surface area contributed by atoms with Crippen molar-refractivity contribution < 1.29 is 13.9 Å². The Balaban J connectivity index is 1.32. The molecule has 1 amide bonds. The van der Waals surface area contributed by atoms with Crippen molar-refractivity contribution in [2.24, 2.45) is 0 Å². The first kappa shape index (κ1) is 23.9. The summed E-state index contributed by atoms with van der Waals surface area (Å²) < 4.78 is 22.6. The van der Waals surface area contributed by atoms with Gasteiger partial charge in [-0.25, -0.2) is 23.4 Å². The highest BCUT2D eigenvalue weighted by Gasteiger charge is 2.21. The molecular weight excluding hydrogens is 513 g/mol. The minimum atomic E-state index is -0.332. The molecule has 5 aromatic heterocycles. The van der Waals surface area contributed by atoms with Crippen LogP contribution in [0, 0.1) is 5.82 Å². The van der Waals surface area contributed by atoms with Crippen LogP contribution in [0.4, 0.5) is 16.0 Å². The molecule has 0 unspecified atom stereocenters. The Labute approximate surface area is 226 Å². The number of nitrogens with zero attached hydrogens (tertiary/aromatic N) is 8. The van der Waals surface area contributed by atoms with Gasteiger partial charge in [-0.05, 0) is 60.7 Å². The number of morpholine rings is 1. The van der Waals surface area contributed by atoms with E-state index in [1.54, 1.807) is 51.9 Å². The predicted octanol–water partition coefficient (Wildman–Crippen LogP) is 3.73. The first-order valence-corrected chi connectivity index (χ1v) is 12.7. The molecule has 12 heteroatoms. The average Bonchev–Trinajstić information content (AvgIpc) is 3.58. The molecule has 6 heterocycles. The topological polar surface area (TPSA) is 115 Å². The van der Waals surface area contributed by atoms with Gasteiger partial charge in [0, 0.05) is 36.6 Å². The van der Waals surface area contributed by atoms with Crippen molar-refractivity contribution in [1.82, 2.24) is 34.2 Å². The molecule has 0 bridgehead atoms. The lowest BCUT2D eigenvalue weighted by atomic mass is 10.1. The zero-order chi connectivity index (χ0) is 27.1. The molecule has 7 rings (SSSR count). The van der Waals surface area contributed by atoms with Crippen molar-refractivity contribution >= 4 is 28.8 Å². The number of hydrogen-bond acceptors (Lipinski definition) is 8. The van der Waals surface area contributed by atoms with Crippen LogP contribution in [0.3, 0.4) is 0 Å². The van der Waals surface area contributed by atoms with Crippen LogP contribution in [0.2, 0.25) is 0 Å². The second kappa shape index (κ2) is 9.82. The third-order valence-electron chi connectivity index (χ3n) is 6.66. The third-order valence-corrected chi connectivity index (χ3v) is 6.66. The van der Waals surface area contributed by atoms with E-state index in [9.17, 15) is 9.18 Å². The number of amides is 1. The molecule has 0 atom stereocenters. The lowest BCUT2D eigenvalue weighted by molar-refractivity contribution is 0.102. The molecule has 1 saturated heterocycles.